The molecule has 0 bridgehead atoms. The summed E-state index contributed by atoms with van der Waals surface area (Å²) in [6.07, 6.45) is 2.47. The molecule has 6 heteroatoms. The largest absolute Gasteiger partial charge is 0.368 e. The van der Waals surface area contributed by atoms with E-state index in [9.17, 15) is 4.79 Å². The Balaban J connectivity index is 1.45. The minimum absolute atomic E-state index is 0.221. The molecule has 1 N–H and O–H groups in total. The average molecular weight is 349 g/mol. The number of aromatic nitrogens is 3. The Kier molecular flexibility index (Phi) is 4.48. The van der Waals surface area contributed by atoms with Crippen LogP contribution in [0.25, 0.3) is 5.69 Å². The van der Waals surface area contributed by atoms with E-state index in [1.54, 1.807) is 0 Å². The highest BCUT2D eigenvalue weighted by molar-refractivity contribution is 5.57. The van der Waals surface area contributed by atoms with Crippen molar-refractivity contribution in [1.82, 2.24) is 14.8 Å². The van der Waals surface area contributed by atoms with Crippen LogP contribution in [0.2, 0.25) is 0 Å². The van der Waals surface area contributed by atoms with E-state index in [4.69, 9.17) is 0 Å². The fourth-order valence-corrected chi connectivity index (χ4v) is 3.57. The Bertz CT molecular complexity index is 920. The van der Waals surface area contributed by atoms with E-state index < -0.39 is 0 Å². The molecule has 26 heavy (non-hydrogen) atoms. The van der Waals surface area contributed by atoms with Crippen LogP contribution in [0.15, 0.2) is 59.7 Å². The van der Waals surface area contributed by atoms with Gasteiger partial charge in [0.25, 0.3) is 0 Å². The Morgan fingerprint density at radius 1 is 0.923 bits per heavy atom. The summed E-state index contributed by atoms with van der Waals surface area (Å²) < 4.78 is 1.36. The lowest BCUT2D eigenvalue weighted by Gasteiger charge is -2.38. The molecule has 1 aliphatic rings. The van der Waals surface area contributed by atoms with Crippen molar-refractivity contribution in [2.75, 3.05) is 36.0 Å². The molecule has 0 aliphatic carbocycles. The molecule has 0 spiro atoms. The number of piperazine rings is 1. The Morgan fingerprint density at radius 2 is 1.58 bits per heavy atom. The maximum atomic E-state index is 11.7. The van der Waals surface area contributed by atoms with Crippen LogP contribution in [0.4, 0.5) is 11.4 Å². The number of rotatable bonds is 4. The highest BCUT2D eigenvalue weighted by atomic mass is 16.1. The topological polar surface area (TPSA) is 57.2 Å². The summed E-state index contributed by atoms with van der Waals surface area (Å²) in [7, 11) is 0. The monoisotopic (exact) mass is 349 g/mol. The molecule has 1 aromatic heterocycles. The van der Waals surface area contributed by atoms with Crippen LogP contribution >= 0.6 is 0 Å². The van der Waals surface area contributed by atoms with Crippen molar-refractivity contribution in [2.24, 2.45) is 0 Å². The zero-order valence-corrected chi connectivity index (χ0v) is 14.9. The van der Waals surface area contributed by atoms with E-state index in [0.717, 1.165) is 38.3 Å². The molecule has 0 amide bonds. The molecule has 6 nitrogen and oxygen atoms in total. The standard InChI is InChI=1S/C20H23N5O/c1-2-16-5-3-4-6-19(16)24-13-11-23(12-14-24)17-7-9-18(10-8-17)25-20(26)21-15-22-25/h3-10,15H,2,11-14H2,1H3,(H,21,22,26). The van der Waals surface area contributed by atoms with Gasteiger partial charge in [-0.3, -0.25) is 4.98 Å². The van der Waals surface area contributed by atoms with E-state index in [2.05, 4.69) is 63.2 Å². The Morgan fingerprint density at radius 3 is 2.23 bits per heavy atom. The number of hydrogen-bond donors (Lipinski definition) is 1. The number of benzene rings is 2. The van der Waals surface area contributed by atoms with Gasteiger partial charge in [-0.1, -0.05) is 25.1 Å². The number of aromatic amines is 1. The molecule has 0 atom stereocenters. The number of nitrogens with one attached hydrogen (secondary N) is 1. The highest BCUT2D eigenvalue weighted by Gasteiger charge is 2.19. The van der Waals surface area contributed by atoms with Crippen LogP contribution in [-0.4, -0.2) is 40.9 Å². The Hall–Kier alpha value is -3.02. The number of nitrogens with zero attached hydrogens (tertiary/aromatic N) is 4. The summed E-state index contributed by atoms with van der Waals surface area (Å²) in [4.78, 5) is 19.1. The lowest BCUT2D eigenvalue weighted by molar-refractivity contribution is 0.651. The summed E-state index contributed by atoms with van der Waals surface area (Å²) in [6.45, 7) is 6.20. The first-order chi connectivity index (χ1) is 12.8. The number of aryl methyl sites for hydroxylation is 1. The number of H-pyrrole nitrogens is 1. The van der Waals surface area contributed by atoms with Crippen molar-refractivity contribution in [2.45, 2.75) is 13.3 Å². The molecular weight excluding hydrogens is 326 g/mol. The molecule has 4 rings (SSSR count). The zero-order chi connectivity index (χ0) is 17.9. The van der Waals surface area contributed by atoms with Crippen LogP contribution in [0.1, 0.15) is 12.5 Å². The number of hydrogen-bond acceptors (Lipinski definition) is 4. The molecule has 1 aliphatic heterocycles. The van der Waals surface area contributed by atoms with Gasteiger partial charge in [0.15, 0.2) is 0 Å². The van der Waals surface area contributed by atoms with Gasteiger partial charge >= 0.3 is 5.69 Å². The summed E-state index contributed by atoms with van der Waals surface area (Å²) in [5, 5.41) is 4.02. The SMILES string of the molecule is CCc1ccccc1N1CCN(c2ccc(-n3nc[nH]c3=O)cc2)CC1. The van der Waals surface area contributed by atoms with Gasteiger partial charge in [0.05, 0.1) is 5.69 Å². The van der Waals surface area contributed by atoms with Crippen molar-refractivity contribution < 1.29 is 0 Å². The van der Waals surface area contributed by atoms with Gasteiger partial charge in [-0.15, -0.1) is 0 Å². The molecule has 1 fully saturated rings. The molecule has 0 radical (unpaired) electrons. The van der Waals surface area contributed by atoms with Crippen LogP contribution in [0.3, 0.4) is 0 Å². The van der Waals surface area contributed by atoms with E-state index in [0.29, 0.717) is 0 Å². The lowest BCUT2D eigenvalue weighted by atomic mass is 10.1. The van der Waals surface area contributed by atoms with Crippen LogP contribution in [0.5, 0.6) is 0 Å². The van der Waals surface area contributed by atoms with Gasteiger partial charge in [-0.2, -0.15) is 9.78 Å². The second-order valence-corrected chi connectivity index (χ2v) is 6.48. The van der Waals surface area contributed by atoms with E-state index >= 15 is 0 Å². The van der Waals surface area contributed by atoms with Gasteiger partial charge in [0.2, 0.25) is 0 Å². The summed E-state index contributed by atoms with van der Waals surface area (Å²) in [5.74, 6) is 0. The molecule has 134 valence electrons. The zero-order valence-electron chi connectivity index (χ0n) is 14.9. The van der Waals surface area contributed by atoms with Crippen LogP contribution in [-0.2, 0) is 6.42 Å². The maximum absolute atomic E-state index is 11.7. The maximum Gasteiger partial charge on any atom is 0.347 e. The van der Waals surface area contributed by atoms with Gasteiger partial charge in [-0.05, 0) is 42.3 Å². The fraction of sp³-hybridized carbons (Fsp3) is 0.300. The number of para-hydroxylation sites is 1. The van der Waals surface area contributed by atoms with Gasteiger partial charge in [0.1, 0.15) is 6.33 Å². The van der Waals surface area contributed by atoms with Gasteiger partial charge in [0, 0.05) is 37.6 Å². The first kappa shape index (κ1) is 16.4. The van der Waals surface area contributed by atoms with Crippen molar-refractivity contribution in [3.05, 3.63) is 70.9 Å². The first-order valence-electron chi connectivity index (χ1n) is 9.07. The summed E-state index contributed by atoms with van der Waals surface area (Å²) >= 11 is 0. The Labute approximate surface area is 152 Å². The van der Waals surface area contributed by atoms with Gasteiger partial charge < -0.3 is 9.80 Å². The molecular formula is C20H23N5O. The second kappa shape index (κ2) is 7.07. The van der Waals surface area contributed by atoms with Crippen LogP contribution < -0.4 is 15.5 Å². The van der Waals surface area contributed by atoms with Crippen LogP contribution in [0, 0.1) is 0 Å². The number of anilines is 2. The van der Waals surface area contributed by atoms with Crippen molar-refractivity contribution in [3.63, 3.8) is 0 Å². The van der Waals surface area contributed by atoms with E-state index in [1.165, 1.54) is 27.9 Å². The van der Waals surface area contributed by atoms with E-state index in [-0.39, 0.29) is 5.69 Å². The van der Waals surface area contributed by atoms with Gasteiger partial charge in [-0.25, -0.2) is 4.79 Å². The lowest BCUT2D eigenvalue weighted by Crippen LogP contribution is -2.46. The summed E-state index contributed by atoms with van der Waals surface area (Å²) in [6, 6.07) is 16.7. The molecule has 0 unspecified atom stereocenters. The predicted molar refractivity (Wildman–Crippen MR) is 104 cm³/mol. The third kappa shape index (κ3) is 3.10. The van der Waals surface area contributed by atoms with Crippen molar-refractivity contribution in [1.29, 1.82) is 0 Å². The highest BCUT2D eigenvalue weighted by Crippen LogP contribution is 2.24. The third-order valence-corrected chi connectivity index (χ3v) is 5.01. The minimum Gasteiger partial charge on any atom is -0.368 e. The second-order valence-electron chi connectivity index (χ2n) is 6.48. The molecule has 2 aromatic carbocycles. The molecule has 0 saturated carbocycles. The van der Waals surface area contributed by atoms with Crippen molar-refractivity contribution in [3.8, 4) is 5.69 Å². The van der Waals surface area contributed by atoms with E-state index in [1.807, 2.05) is 12.1 Å². The first-order valence-corrected chi connectivity index (χ1v) is 9.07. The average Bonchev–Trinajstić information content (AvgIpc) is 3.14. The fourth-order valence-electron chi connectivity index (χ4n) is 3.57. The third-order valence-electron chi connectivity index (χ3n) is 5.01. The smallest absolute Gasteiger partial charge is 0.347 e. The molecule has 3 aromatic rings. The molecule has 2 heterocycles. The summed E-state index contributed by atoms with van der Waals surface area (Å²) in [5.41, 5.74) is 4.51. The molecule has 1 saturated heterocycles. The quantitative estimate of drug-likeness (QED) is 0.786. The van der Waals surface area contributed by atoms with Crippen molar-refractivity contribution >= 4 is 11.4 Å². The predicted octanol–water partition coefficient (Wildman–Crippen LogP) is 2.45. The minimum atomic E-state index is -0.221. The normalized spacial score (nSPS) is 14.7.